The normalized spacial score (nSPS) is 13.0. The Morgan fingerprint density at radius 1 is 1.04 bits per heavy atom. The van der Waals surface area contributed by atoms with Crippen LogP contribution in [0.15, 0.2) is 60.9 Å². The average Bonchev–Trinajstić information content (AvgIpc) is 3.26. The fourth-order valence-electron chi connectivity index (χ4n) is 2.91. The topological polar surface area (TPSA) is 84.3 Å². The van der Waals surface area contributed by atoms with E-state index >= 15 is 0 Å². The molecule has 3 aromatic rings. The Bertz CT molecular complexity index is 1030. The maximum Gasteiger partial charge on any atom is 0.262 e. The van der Waals surface area contributed by atoms with Gasteiger partial charge in [-0.15, -0.1) is 0 Å². The summed E-state index contributed by atoms with van der Waals surface area (Å²) in [5, 5.41) is 6.45. The molecule has 3 amide bonds. The molecule has 0 saturated carbocycles. The molecule has 2 heterocycles. The zero-order valence-corrected chi connectivity index (χ0v) is 13.9. The second-order valence-corrected chi connectivity index (χ2v) is 5.91. The molecule has 0 saturated heterocycles. The molecule has 1 aliphatic heterocycles. The molecule has 7 nitrogen and oxygen atoms in total. The molecule has 0 bridgehead atoms. The third-order valence-electron chi connectivity index (χ3n) is 4.16. The predicted molar refractivity (Wildman–Crippen MR) is 94.0 cm³/mol. The van der Waals surface area contributed by atoms with Gasteiger partial charge in [-0.05, 0) is 36.4 Å². The van der Waals surface area contributed by atoms with Crippen molar-refractivity contribution in [1.82, 2.24) is 14.7 Å². The second-order valence-electron chi connectivity index (χ2n) is 5.91. The Morgan fingerprint density at radius 2 is 1.74 bits per heavy atom. The fourth-order valence-corrected chi connectivity index (χ4v) is 2.91. The molecule has 0 spiro atoms. The molecule has 4 rings (SSSR count). The van der Waals surface area contributed by atoms with Crippen molar-refractivity contribution in [1.29, 1.82) is 0 Å². The molecule has 0 atom stereocenters. The maximum atomic E-state index is 14.2. The van der Waals surface area contributed by atoms with E-state index in [-0.39, 0.29) is 22.5 Å². The number of nitrogens with zero attached hydrogens (tertiary/aromatic N) is 3. The van der Waals surface area contributed by atoms with E-state index in [2.05, 4.69) is 10.4 Å². The summed E-state index contributed by atoms with van der Waals surface area (Å²) in [6.07, 6.45) is 3.12. The molecule has 1 aromatic heterocycles. The monoisotopic (exact) mass is 364 g/mol. The van der Waals surface area contributed by atoms with Crippen LogP contribution in [0.25, 0.3) is 5.69 Å². The van der Waals surface area contributed by atoms with Crippen molar-refractivity contribution in [2.75, 3.05) is 11.9 Å². The molecule has 0 radical (unpaired) electrons. The van der Waals surface area contributed by atoms with Gasteiger partial charge in [-0.25, -0.2) is 9.07 Å². The summed E-state index contributed by atoms with van der Waals surface area (Å²) >= 11 is 0. The van der Waals surface area contributed by atoms with Gasteiger partial charge in [0.25, 0.3) is 11.8 Å². The third kappa shape index (κ3) is 2.97. The standard InChI is InChI=1S/C19H13FN4O3/c20-15-10-12(6-7-16(15)24-9-3-8-21-24)22-17(25)11-23-18(26)13-4-1-2-5-14(13)19(23)27/h1-10H,11H2,(H,22,25). The molecular formula is C19H13FN4O3. The first kappa shape index (κ1) is 16.6. The SMILES string of the molecule is O=C(CN1C(=O)c2ccccc2C1=O)Nc1ccc(-n2cccn2)c(F)c1. The van der Waals surface area contributed by atoms with Crippen molar-refractivity contribution >= 4 is 23.4 Å². The summed E-state index contributed by atoms with van der Waals surface area (Å²) in [5.41, 5.74) is 0.984. The molecule has 1 aliphatic rings. The van der Waals surface area contributed by atoms with Crippen LogP contribution in [0.3, 0.4) is 0 Å². The van der Waals surface area contributed by atoms with Crippen molar-refractivity contribution in [3.63, 3.8) is 0 Å². The molecule has 27 heavy (non-hydrogen) atoms. The summed E-state index contributed by atoms with van der Waals surface area (Å²) in [5.74, 6) is -2.22. The Kier molecular flexibility index (Phi) is 4.00. The Balaban J connectivity index is 1.47. The van der Waals surface area contributed by atoms with Crippen molar-refractivity contribution < 1.29 is 18.8 Å². The van der Waals surface area contributed by atoms with Gasteiger partial charge in [-0.2, -0.15) is 5.10 Å². The van der Waals surface area contributed by atoms with E-state index in [9.17, 15) is 18.8 Å². The highest BCUT2D eigenvalue weighted by molar-refractivity contribution is 6.22. The highest BCUT2D eigenvalue weighted by Crippen LogP contribution is 2.22. The number of anilines is 1. The zero-order chi connectivity index (χ0) is 19.0. The number of aromatic nitrogens is 2. The average molecular weight is 364 g/mol. The number of benzene rings is 2. The number of halogens is 1. The van der Waals surface area contributed by atoms with Gasteiger partial charge in [-0.1, -0.05) is 12.1 Å². The van der Waals surface area contributed by atoms with Crippen molar-refractivity contribution in [2.45, 2.75) is 0 Å². The molecule has 1 N–H and O–H groups in total. The van der Waals surface area contributed by atoms with Crippen LogP contribution in [0.5, 0.6) is 0 Å². The smallest absolute Gasteiger partial charge is 0.262 e. The number of amides is 3. The van der Waals surface area contributed by atoms with E-state index < -0.39 is 30.1 Å². The van der Waals surface area contributed by atoms with Crippen LogP contribution in [0.2, 0.25) is 0 Å². The van der Waals surface area contributed by atoms with Crippen LogP contribution >= 0.6 is 0 Å². The van der Waals surface area contributed by atoms with E-state index in [1.807, 2.05) is 0 Å². The maximum absolute atomic E-state index is 14.2. The van der Waals surface area contributed by atoms with Gasteiger partial charge < -0.3 is 5.32 Å². The summed E-state index contributed by atoms with van der Waals surface area (Å²) in [7, 11) is 0. The first-order valence-electron chi connectivity index (χ1n) is 8.09. The number of hydrogen-bond donors (Lipinski definition) is 1. The van der Waals surface area contributed by atoms with Gasteiger partial charge in [0.2, 0.25) is 5.91 Å². The van der Waals surface area contributed by atoms with E-state index in [4.69, 9.17) is 0 Å². The van der Waals surface area contributed by atoms with E-state index in [1.165, 1.54) is 35.1 Å². The van der Waals surface area contributed by atoms with Crippen molar-refractivity contribution in [3.8, 4) is 5.69 Å². The molecule has 2 aromatic carbocycles. The van der Waals surface area contributed by atoms with Crippen LogP contribution < -0.4 is 5.32 Å². The molecule has 134 valence electrons. The van der Waals surface area contributed by atoms with Crippen LogP contribution in [0, 0.1) is 5.82 Å². The van der Waals surface area contributed by atoms with Crippen LogP contribution in [-0.2, 0) is 4.79 Å². The van der Waals surface area contributed by atoms with Crippen LogP contribution in [-0.4, -0.2) is 38.9 Å². The minimum atomic E-state index is -0.601. The third-order valence-corrected chi connectivity index (χ3v) is 4.16. The quantitative estimate of drug-likeness (QED) is 0.720. The summed E-state index contributed by atoms with van der Waals surface area (Å²) < 4.78 is 15.6. The summed E-state index contributed by atoms with van der Waals surface area (Å²) in [4.78, 5) is 37.7. The molecule has 0 aliphatic carbocycles. The Labute approximate surface area is 153 Å². The van der Waals surface area contributed by atoms with Crippen LogP contribution in [0.1, 0.15) is 20.7 Å². The number of carbonyl (C=O) groups excluding carboxylic acids is 3. The van der Waals surface area contributed by atoms with E-state index in [0.29, 0.717) is 0 Å². The number of rotatable bonds is 4. The number of hydrogen-bond acceptors (Lipinski definition) is 4. The number of fused-ring (bicyclic) bond motifs is 1. The van der Waals surface area contributed by atoms with Crippen molar-refractivity contribution in [3.05, 3.63) is 77.9 Å². The molecule has 0 fully saturated rings. The van der Waals surface area contributed by atoms with E-state index in [1.54, 1.807) is 24.4 Å². The van der Waals surface area contributed by atoms with Crippen molar-refractivity contribution in [2.24, 2.45) is 0 Å². The number of imide groups is 1. The summed E-state index contributed by atoms with van der Waals surface area (Å²) in [6.45, 7) is -0.450. The molecular weight excluding hydrogens is 351 g/mol. The van der Waals surface area contributed by atoms with Gasteiger partial charge in [0.15, 0.2) is 5.82 Å². The van der Waals surface area contributed by atoms with Gasteiger partial charge in [-0.3, -0.25) is 19.3 Å². The minimum Gasteiger partial charge on any atom is -0.324 e. The fraction of sp³-hybridized carbons (Fsp3) is 0.0526. The summed E-state index contributed by atoms with van der Waals surface area (Å²) in [6, 6.07) is 12.2. The Morgan fingerprint density at radius 3 is 2.33 bits per heavy atom. The van der Waals surface area contributed by atoms with Crippen LogP contribution in [0.4, 0.5) is 10.1 Å². The van der Waals surface area contributed by atoms with Gasteiger partial charge >= 0.3 is 0 Å². The van der Waals surface area contributed by atoms with Gasteiger partial charge in [0.05, 0.1) is 11.1 Å². The molecule has 8 heteroatoms. The second kappa shape index (κ2) is 6.49. The lowest BCUT2D eigenvalue weighted by atomic mass is 10.1. The lowest BCUT2D eigenvalue weighted by Crippen LogP contribution is -2.37. The first-order chi connectivity index (χ1) is 13.0. The highest BCUT2D eigenvalue weighted by Gasteiger charge is 2.36. The van der Waals surface area contributed by atoms with E-state index in [0.717, 1.165) is 11.0 Å². The first-order valence-corrected chi connectivity index (χ1v) is 8.09. The largest absolute Gasteiger partial charge is 0.324 e. The lowest BCUT2D eigenvalue weighted by molar-refractivity contribution is -0.116. The zero-order valence-electron chi connectivity index (χ0n) is 13.9. The highest BCUT2D eigenvalue weighted by atomic mass is 19.1. The van der Waals surface area contributed by atoms with Gasteiger partial charge in [0.1, 0.15) is 12.2 Å². The Hall–Kier alpha value is -3.81. The lowest BCUT2D eigenvalue weighted by Gasteiger charge is -2.14. The number of carbonyl (C=O) groups is 3. The van der Waals surface area contributed by atoms with Gasteiger partial charge in [0, 0.05) is 18.1 Å². The minimum absolute atomic E-state index is 0.213. The predicted octanol–water partition coefficient (Wildman–Crippen LogP) is 2.25. The molecule has 0 unspecified atom stereocenters. The number of nitrogens with one attached hydrogen (secondary N) is 1.